The highest BCUT2D eigenvalue weighted by Gasteiger charge is 2.25. The Morgan fingerprint density at radius 3 is 2.38 bits per heavy atom. The van der Waals surface area contributed by atoms with Crippen molar-refractivity contribution in [2.24, 2.45) is 11.7 Å². The molecule has 1 aromatic heterocycles. The van der Waals surface area contributed by atoms with Crippen molar-refractivity contribution < 1.29 is 4.79 Å². The molecule has 0 saturated carbocycles. The molecule has 1 aromatic rings. The first kappa shape index (κ1) is 22.4. The molecular weight excluding hydrogens is 309 g/mol. The third-order valence-electron chi connectivity index (χ3n) is 3.14. The van der Waals surface area contributed by atoms with Gasteiger partial charge in [0.15, 0.2) is 0 Å². The molecule has 4 nitrogen and oxygen atoms in total. The highest BCUT2D eigenvalue weighted by molar-refractivity contribution is 5.85. The van der Waals surface area contributed by atoms with Gasteiger partial charge in [-0.15, -0.1) is 24.8 Å². The lowest BCUT2D eigenvalue weighted by atomic mass is 9.90. The molecule has 1 heterocycles. The van der Waals surface area contributed by atoms with Crippen LogP contribution >= 0.6 is 24.8 Å². The van der Waals surface area contributed by atoms with Crippen LogP contribution in [0.3, 0.4) is 0 Å². The molecule has 21 heavy (non-hydrogen) atoms. The van der Waals surface area contributed by atoms with Crippen LogP contribution in [0.2, 0.25) is 0 Å². The first-order chi connectivity index (χ1) is 8.95. The first-order valence-electron chi connectivity index (χ1n) is 6.85. The van der Waals surface area contributed by atoms with Crippen LogP contribution in [0.5, 0.6) is 0 Å². The van der Waals surface area contributed by atoms with Crippen molar-refractivity contribution in [3.63, 3.8) is 0 Å². The molecule has 0 radical (unpaired) electrons. The van der Waals surface area contributed by atoms with Gasteiger partial charge in [0.05, 0.1) is 0 Å². The van der Waals surface area contributed by atoms with Crippen molar-refractivity contribution in [2.75, 3.05) is 6.54 Å². The number of hydrogen-bond donors (Lipinski definition) is 2. The summed E-state index contributed by atoms with van der Waals surface area (Å²) in [5.41, 5.74) is 6.61. The van der Waals surface area contributed by atoms with Gasteiger partial charge in [-0.3, -0.25) is 9.78 Å². The van der Waals surface area contributed by atoms with Gasteiger partial charge in [-0.2, -0.15) is 0 Å². The van der Waals surface area contributed by atoms with Crippen molar-refractivity contribution in [3.8, 4) is 0 Å². The number of nitrogens with zero attached hydrogens (tertiary/aromatic N) is 1. The Hall–Kier alpha value is -0.840. The van der Waals surface area contributed by atoms with Gasteiger partial charge in [0, 0.05) is 30.9 Å². The van der Waals surface area contributed by atoms with Crippen molar-refractivity contribution >= 4 is 30.7 Å². The van der Waals surface area contributed by atoms with E-state index >= 15 is 0 Å². The van der Waals surface area contributed by atoms with Crippen LogP contribution in [-0.4, -0.2) is 23.0 Å². The zero-order valence-electron chi connectivity index (χ0n) is 13.0. The normalized spacial score (nSPS) is 12.8. The number of pyridine rings is 1. The molecule has 0 fully saturated rings. The van der Waals surface area contributed by atoms with E-state index in [9.17, 15) is 4.79 Å². The van der Waals surface area contributed by atoms with Crippen molar-refractivity contribution in [1.29, 1.82) is 0 Å². The largest absolute Gasteiger partial charge is 0.350 e. The molecule has 0 saturated heterocycles. The number of hydrogen-bond acceptors (Lipinski definition) is 3. The third-order valence-corrected chi connectivity index (χ3v) is 3.14. The van der Waals surface area contributed by atoms with Crippen LogP contribution in [0, 0.1) is 5.92 Å². The van der Waals surface area contributed by atoms with Gasteiger partial charge in [0.1, 0.15) is 0 Å². The zero-order valence-corrected chi connectivity index (χ0v) is 14.6. The minimum absolute atomic E-state index is 0. The molecule has 1 rings (SSSR count). The molecule has 6 heteroatoms. The second-order valence-corrected chi connectivity index (χ2v) is 5.77. The van der Waals surface area contributed by atoms with E-state index in [0.29, 0.717) is 18.9 Å². The molecule has 0 aromatic carbocycles. The SMILES string of the molecule is CC(C)CC(C)(CN)NC(=O)CCc1ccncc1.Cl.Cl. The molecule has 0 bridgehead atoms. The molecule has 0 aliphatic rings. The number of amides is 1. The Kier molecular flexibility index (Phi) is 11.6. The second kappa shape index (κ2) is 10.8. The number of rotatable bonds is 7. The van der Waals surface area contributed by atoms with Gasteiger partial charge >= 0.3 is 0 Å². The molecule has 0 spiro atoms. The highest BCUT2D eigenvalue weighted by atomic mass is 35.5. The maximum Gasteiger partial charge on any atom is 0.220 e. The molecule has 1 atom stereocenters. The Morgan fingerprint density at radius 1 is 1.33 bits per heavy atom. The number of nitrogens with two attached hydrogens (primary N) is 1. The lowest BCUT2D eigenvalue weighted by molar-refractivity contribution is -0.122. The topological polar surface area (TPSA) is 68.0 Å². The summed E-state index contributed by atoms with van der Waals surface area (Å²) in [5, 5.41) is 3.07. The summed E-state index contributed by atoms with van der Waals surface area (Å²) in [6.07, 6.45) is 5.60. The lowest BCUT2D eigenvalue weighted by Crippen LogP contribution is -2.52. The summed E-state index contributed by atoms with van der Waals surface area (Å²) >= 11 is 0. The fourth-order valence-corrected chi connectivity index (χ4v) is 2.29. The summed E-state index contributed by atoms with van der Waals surface area (Å²) < 4.78 is 0. The number of nitrogens with one attached hydrogen (secondary N) is 1. The average molecular weight is 336 g/mol. The number of carbonyl (C=O) groups excluding carboxylic acids is 1. The summed E-state index contributed by atoms with van der Waals surface area (Å²) in [5.74, 6) is 0.569. The van der Waals surface area contributed by atoms with Gasteiger partial charge in [0.2, 0.25) is 5.91 Å². The monoisotopic (exact) mass is 335 g/mol. The minimum atomic E-state index is -0.302. The maximum atomic E-state index is 12.0. The van der Waals surface area contributed by atoms with E-state index < -0.39 is 0 Å². The maximum absolute atomic E-state index is 12.0. The van der Waals surface area contributed by atoms with Gasteiger partial charge in [-0.25, -0.2) is 0 Å². The predicted octanol–water partition coefficient (Wildman–Crippen LogP) is 2.74. The van der Waals surface area contributed by atoms with Crippen LogP contribution in [-0.2, 0) is 11.2 Å². The lowest BCUT2D eigenvalue weighted by Gasteiger charge is -2.31. The molecule has 3 N–H and O–H groups in total. The van der Waals surface area contributed by atoms with E-state index in [1.807, 2.05) is 19.1 Å². The Balaban J connectivity index is 0. The van der Waals surface area contributed by atoms with Crippen molar-refractivity contribution in [2.45, 2.75) is 45.6 Å². The van der Waals surface area contributed by atoms with Gasteiger partial charge < -0.3 is 11.1 Å². The van der Waals surface area contributed by atoms with Crippen LogP contribution in [0.15, 0.2) is 24.5 Å². The van der Waals surface area contributed by atoms with Crippen LogP contribution < -0.4 is 11.1 Å². The minimum Gasteiger partial charge on any atom is -0.350 e. The fourth-order valence-electron chi connectivity index (χ4n) is 2.29. The van der Waals surface area contributed by atoms with E-state index in [1.165, 1.54) is 0 Å². The Morgan fingerprint density at radius 2 is 1.90 bits per heavy atom. The summed E-state index contributed by atoms with van der Waals surface area (Å²) in [6.45, 7) is 6.75. The second-order valence-electron chi connectivity index (χ2n) is 5.77. The Bertz CT molecular complexity index is 401. The molecule has 0 aliphatic heterocycles. The number of aryl methyl sites for hydroxylation is 1. The smallest absolute Gasteiger partial charge is 0.220 e. The number of carbonyl (C=O) groups is 1. The van der Waals surface area contributed by atoms with Crippen LogP contribution in [0.4, 0.5) is 0 Å². The van der Waals surface area contributed by atoms with Gasteiger partial charge in [-0.1, -0.05) is 13.8 Å². The first-order valence-corrected chi connectivity index (χ1v) is 6.85. The number of halogens is 2. The van der Waals surface area contributed by atoms with Crippen LogP contribution in [0.25, 0.3) is 0 Å². The van der Waals surface area contributed by atoms with E-state index in [1.54, 1.807) is 12.4 Å². The van der Waals surface area contributed by atoms with Gasteiger partial charge in [0.25, 0.3) is 0 Å². The molecule has 1 unspecified atom stereocenters. The highest BCUT2D eigenvalue weighted by Crippen LogP contribution is 2.15. The van der Waals surface area contributed by atoms with E-state index in [0.717, 1.165) is 18.4 Å². The average Bonchev–Trinajstić information content (AvgIpc) is 2.36. The molecule has 0 aliphatic carbocycles. The van der Waals surface area contributed by atoms with Gasteiger partial charge in [-0.05, 0) is 43.4 Å². The summed E-state index contributed by atoms with van der Waals surface area (Å²) in [6, 6.07) is 3.87. The summed E-state index contributed by atoms with van der Waals surface area (Å²) in [7, 11) is 0. The molecule has 122 valence electrons. The van der Waals surface area contributed by atoms with Crippen molar-refractivity contribution in [1.82, 2.24) is 10.3 Å². The summed E-state index contributed by atoms with van der Waals surface area (Å²) in [4.78, 5) is 16.0. The third kappa shape index (κ3) is 8.91. The Labute approximate surface area is 140 Å². The predicted molar refractivity (Wildman–Crippen MR) is 92.1 cm³/mol. The standard InChI is InChI=1S/C15H25N3O.2ClH/c1-12(2)10-15(3,11-16)18-14(19)5-4-13-6-8-17-9-7-13;;/h6-9,12H,4-5,10-11,16H2,1-3H3,(H,18,19);2*1H. The van der Waals surface area contributed by atoms with Crippen molar-refractivity contribution in [3.05, 3.63) is 30.1 Å². The molecular formula is C15H27Cl2N3O. The number of aromatic nitrogens is 1. The van der Waals surface area contributed by atoms with E-state index in [-0.39, 0.29) is 36.3 Å². The quantitative estimate of drug-likeness (QED) is 0.804. The van der Waals surface area contributed by atoms with E-state index in [4.69, 9.17) is 5.73 Å². The van der Waals surface area contributed by atoms with Crippen LogP contribution in [0.1, 0.15) is 39.2 Å². The zero-order chi connectivity index (χ0) is 14.3. The molecule has 1 amide bonds. The fraction of sp³-hybridized carbons (Fsp3) is 0.600. The van der Waals surface area contributed by atoms with E-state index in [2.05, 4.69) is 24.1 Å².